The van der Waals surface area contributed by atoms with E-state index < -0.39 is 0 Å². The lowest BCUT2D eigenvalue weighted by Crippen LogP contribution is -2.33. The lowest BCUT2D eigenvalue weighted by atomic mass is 10.1. The van der Waals surface area contributed by atoms with Crippen LogP contribution in [0.5, 0.6) is 0 Å². The van der Waals surface area contributed by atoms with Crippen LogP contribution in [0.2, 0.25) is 0 Å². The lowest BCUT2D eigenvalue weighted by Gasteiger charge is -2.10. The van der Waals surface area contributed by atoms with E-state index in [1.54, 1.807) is 23.3 Å². The second-order valence-corrected chi connectivity index (χ2v) is 5.64. The van der Waals surface area contributed by atoms with Crippen molar-refractivity contribution >= 4 is 23.2 Å². The van der Waals surface area contributed by atoms with Crippen molar-refractivity contribution in [2.24, 2.45) is 5.92 Å². The molecule has 0 radical (unpaired) electrons. The van der Waals surface area contributed by atoms with Gasteiger partial charge in [0.1, 0.15) is 0 Å². The number of aromatic nitrogens is 1. The number of thiazole rings is 1. The molecule has 0 aliphatic carbocycles. The molecule has 1 aliphatic heterocycles. The van der Waals surface area contributed by atoms with Gasteiger partial charge in [-0.15, -0.1) is 11.3 Å². The Balaban J connectivity index is 1.74. The van der Waals surface area contributed by atoms with Crippen LogP contribution in [-0.4, -0.2) is 41.8 Å². The molecule has 6 heteroatoms. The first-order valence-electron chi connectivity index (χ1n) is 5.99. The summed E-state index contributed by atoms with van der Waals surface area (Å²) >= 11 is 1.61. The fraction of sp³-hybridized carbons (Fsp3) is 0.583. The Kier molecular flexibility index (Phi) is 3.96. The van der Waals surface area contributed by atoms with Gasteiger partial charge in [-0.1, -0.05) is 0 Å². The van der Waals surface area contributed by atoms with E-state index in [0.717, 1.165) is 17.1 Å². The average molecular weight is 267 g/mol. The molecular weight excluding hydrogens is 250 g/mol. The average Bonchev–Trinajstić information content (AvgIpc) is 2.87. The van der Waals surface area contributed by atoms with E-state index in [4.69, 9.17) is 0 Å². The van der Waals surface area contributed by atoms with Crippen molar-refractivity contribution < 1.29 is 9.59 Å². The second-order valence-electron chi connectivity index (χ2n) is 4.57. The summed E-state index contributed by atoms with van der Waals surface area (Å²) in [4.78, 5) is 29.1. The van der Waals surface area contributed by atoms with Crippen molar-refractivity contribution in [1.29, 1.82) is 0 Å². The van der Waals surface area contributed by atoms with E-state index in [-0.39, 0.29) is 17.7 Å². The van der Waals surface area contributed by atoms with Gasteiger partial charge in [0.05, 0.1) is 16.6 Å². The fourth-order valence-corrected chi connectivity index (χ4v) is 2.67. The first kappa shape index (κ1) is 13.0. The van der Waals surface area contributed by atoms with Crippen molar-refractivity contribution in [3.05, 3.63) is 16.1 Å². The smallest absolute Gasteiger partial charge is 0.225 e. The molecule has 0 saturated carbocycles. The van der Waals surface area contributed by atoms with Crippen LogP contribution in [-0.2, 0) is 16.0 Å². The highest BCUT2D eigenvalue weighted by molar-refractivity contribution is 7.09. The quantitative estimate of drug-likeness (QED) is 0.868. The molecule has 1 fully saturated rings. The molecule has 1 N–H and O–H groups in total. The second kappa shape index (κ2) is 5.48. The third-order valence-corrected chi connectivity index (χ3v) is 3.88. The summed E-state index contributed by atoms with van der Waals surface area (Å²) in [5.41, 5.74) is 1.01. The summed E-state index contributed by atoms with van der Waals surface area (Å²) in [6, 6.07) is 0. The van der Waals surface area contributed by atoms with Gasteiger partial charge in [0, 0.05) is 38.4 Å². The Hall–Kier alpha value is -1.43. The van der Waals surface area contributed by atoms with Crippen LogP contribution in [0.15, 0.2) is 5.38 Å². The van der Waals surface area contributed by atoms with Crippen molar-refractivity contribution in [2.45, 2.75) is 19.8 Å². The number of rotatable bonds is 4. The molecule has 2 heterocycles. The van der Waals surface area contributed by atoms with Crippen LogP contribution in [0.1, 0.15) is 17.1 Å². The molecule has 0 spiro atoms. The first-order chi connectivity index (χ1) is 8.56. The predicted molar refractivity (Wildman–Crippen MR) is 69.3 cm³/mol. The zero-order valence-corrected chi connectivity index (χ0v) is 11.4. The third kappa shape index (κ3) is 3.07. The van der Waals surface area contributed by atoms with E-state index in [0.29, 0.717) is 19.5 Å². The molecule has 2 rings (SSSR count). The maximum atomic E-state index is 11.8. The number of nitrogens with one attached hydrogen (secondary N) is 1. The van der Waals surface area contributed by atoms with Gasteiger partial charge in [0.25, 0.3) is 0 Å². The number of amides is 2. The molecule has 1 aliphatic rings. The molecular formula is C12H17N3O2S. The van der Waals surface area contributed by atoms with Gasteiger partial charge in [0.2, 0.25) is 11.8 Å². The monoisotopic (exact) mass is 267 g/mol. The van der Waals surface area contributed by atoms with Gasteiger partial charge >= 0.3 is 0 Å². The molecule has 0 aromatic carbocycles. The van der Waals surface area contributed by atoms with Crippen molar-refractivity contribution in [3.8, 4) is 0 Å². The van der Waals surface area contributed by atoms with Crippen LogP contribution in [0.3, 0.4) is 0 Å². The number of hydrogen-bond acceptors (Lipinski definition) is 4. The Morgan fingerprint density at radius 2 is 2.44 bits per heavy atom. The summed E-state index contributed by atoms with van der Waals surface area (Å²) in [6.45, 7) is 3.07. The summed E-state index contributed by atoms with van der Waals surface area (Å²) in [6.07, 6.45) is 1.07. The van der Waals surface area contributed by atoms with Crippen LogP contribution in [0.25, 0.3) is 0 Å². The van der Waals surface area contributed by atoms with Crippen LogP contribution in [0, 0.1) is 12.8 Å². The zero-order valence-electron chi connectivity index (χ0n) is 10.6. The van der Waals surface area contributed by atoms with Crippen molar-refractivity contribution in [1.82, 2.24) is 15.2 Å². The number of aryl methyl sites for hydroxylation is 1. The highest BCUT2D eigenvalue weighted by Gasteiger charge is 2.31. The Labute approximate surface area is 110 Å². The van der Waals surface area contributed by atoms with Gasteiger partial charge in [-0.2, -0.15) is 0 Å². The molecule has 1 aromatic rings. The maximum Gasteiger partial charge on any atom is 0.225 e. The molecule has 1 atom stereocenters. The summed E-state index contributed by atoms with van der Waals surface area (Å²) in [5, 5.41) is 5.92. The lowest BCUT2D eigenvalue weighted by molar-refractivity contribution is -0.128. The highest BCUT2D eigenvalue weighted by atomic mass is 32.1. The summed E-state index contributed by atoms with van der Waals surface area (Å²) < 4.78 is 0. The van der Waals surface area contributed by atoms with E-state index in [9.17, 15) is 9.59 Å². The Morgan fingerprint density at radius 1 is 1.67 bits per heavy atom. The maximum absolute atomic E-state index is 11.8. The fourth-order valence-electron chi connectivity index (χ4n) is 2.02. The molecule has 1 aromatic heterocycles. The molecule has 98 valence electrons. The predicted octanol–water partition coefficient (Wildman–Crippen LogP) is 0.589. The van der Waals surface area contributed by atoms with Crippen molar-refractivity contribution in [3.63, 3.8) is 0 Å². The number of hydrogen-bond donors (Lipinski definition) is 1. The van der Waals surface area contributed by atoms with Crippen molar-refractivity contribution in [2.75, 3.05) is 20.1 Å². The van der Waals surface area contributed by atoms with Crippen LogP contribution < -0.4 is 5.32 Å². The van der Waals surface area contributed by atoms with E-state index >= 15 is 0 Å². The minimum atomic E-state index is -0.195. The van der Waals surface area contributed by atoms with Gasteiger partial charge in [0.15, 0.2) is 0 Å². The van der Waals surface area contributed by atoms with E-state index in [2.05, 4.69) is 10.3 Å². The Morgan fingerprint density at radius 3 is 3.00 bits per heavy atom. The number of likely N-dealkylation sites (tertiary alicyclic amines) is 1. The topological polar surface area (TPSA) is 62.3 Å². The largest absolute Gasteiger partial charge is 0.355 e. The normalized spacial score (nSPS) is 19.3. The molecule has 18 heavy (non-hydrogen) atoms. The zero-order chi connectivity index (χ0) is 13.1. The minimum absolute atomic E-state index is 0.0281. The Bertz CT molecular complexity index is 458. The van der Waals surface area contributed by atoms with Gasteiger partial charge < -0.3 is 10.2 Å². The van der Waals surface area contributed by atoms with Gasteiger partial charge in [-0.25, -0.2) is 4.98 Å². The molecule has 0 bridgehead atoms. The number of carbonyl (C=O) groups excluding carboxylic acids is 2. The summed E-state index contributed by atoms with van der Waals surface area (Å²) in [5.74, 6) is -0.176. The van der Waals surface area contributed by atoms with E-state index in [1.165, 1.54) is 0 Å². The standard InChI is InChI=1S/C12H17N3O2S/c1-8-14-10(7-18-8)3-4-13-12(17)9-5-11(16)15(2)6-9/h7,9H,3-6H2,1-2H3,(H,13,17). The molecule has 5 nitrogen and oxygen atoms in total. The number of carbonyl (C=O) groups is 2. The number of nitrogens with zero attached hydrogens (tertiary/aromatic N) is 2. The van der Waals surface area contributed by atoms with Crippen LogP contribution >= 0.6 is 11.3 Å². The molecule has 1 saturated heterocycles. The first-order valence-corrected chi connectivity index (χ1v) is 6.87. The molecule has 1 unspecified atom stereocenters. The SMILES string of the molecule is Cc1nc(CCNC(=O)C2CC(=O)N(C)C2)cs1. The highest BCUT2D eigenvalue weighted by Crippen LogP contribution is 2.15. The van der Waals surface area contributed by atoms with E-state index in [1.807, 2.05) is 12.3 Å². The van der Waals surface area contributed by atoms with Crippen LogP contribution in [0.4, 0.5) is 0 Å². The third-order valence-electron chi connectivity index (χ3n) is 3.06. The minimum Gasteiger partial charge on any atom is -0.355 e. The van der Waals surface area contributed by atoms with Gasteiger partial charge in [-0.3, -0.25) is 9.59 Å². The summed E-state index contributed by atoms with van der Waals surface area (Å²) in [7, 11) is 1.73. The van der Waals surface area contributed by atoms with Gasteiger partial charge in [-0.05, 0) is 6.92 Å². The molecule has 2 amide bonds.